The molecule has 0 spiro atoms. The summed E-state index contributed by atoms with van der Waals surface area (Å²) in [6, 6.07) is 4.68. The molecule has 0 aliphatic rings. The van der Waals surface area contributed by atoms with Crippen molar-refractivity contribution in [2.45, 2.75) is 13.5 Å². The Morgan fingerprint density at radius 2 is 2.26 bits per heavy atom. The quantitative estimate of drug-likeness (QED) is 0.814. The molecule has 0 aliphatic carbocycles. The number of methoxy groups -OCH3 is 1. The lowest BCUT2D eigenvalue weighted by Crippen LogP contribution is -2.13. The molecule has 1 heterocycles. The number of aryl methyl sites for hydroxylation is 1. The molecule has 2 aromatic rings. The van der Waals surface area contributed by atoms with Crippen LogP contribution in [0.2, 0.25) is 0 Å². The first-order valence-corrected chi connectivity index (χ1v) is 6.36. The normalized spacial score (nSPS) is 10.5. The van der Waals surface area contributed by atoms with Crippen molar-refractivity contribution in [1.29, 1.82) is 0 Å². The molecule has 0 fully saturated rings. The molecule has 4 nitrogen and oxygen atoms in total. The van der Waals surface area contributed by atoms with Crippen molar-refractivity contribution < 1.29 is 13.9 Å². The van der Waals surface area contributed by atoms with Crippen LogP contribution in [-0.2, 0) is 11.3 Å². The van der Waals surface area contributed by atoms with E-state index in [0.717, 1.165) is 4.47 Å². The highest BCUT2D eigenvalue weighted by atomic mass is 79.9. The number of hydrogen-bond acceptors (Lipinski definition) is 3. The van der Waals surface area contributed by atoms with E-state index in [0.29, 0.717) is 17.1 Å². The summed E-state index contributed by atoms with van der Waals surface area (Å²) in [5.41, 5.74) is 0.778. The minimum Gasteiger partial charge on any atom is -0.464 e. The average Bonchev–Trinajstić information content (AvgIpc) is 2.75. The van der Waals surface area contributed by atoms with E-state index in [1.165, 1.54) is 19.4 Å². The molecule has 0 saturated carbocycles. The van der Waals surface area contributed by atoms with Crippen molar-refractivity contribution in [3.8, 4) is 0 Å². The van der Waals surface area contributed by atoms with Gasteiger partial charge in [0.25, 0.3) is 0 Å². The summed E-state index contributed by atoms with van der Waals surface area (Å²) in [5, 5.41) is 0. The van der Waals surface area contributed by atoms with Crippen molar-refractivity contribution in [3.05, 3.63) is 51.8 Å². The van der Waals surface area contributed by atoms with Crippen molar-refractivity contribution in [2.75, 3.05) is 7.11 Å². The number of ether oxygens (including phenoxy) is 1. The van der Waals surface area contributed by atoms with Gasteiger partial charge in [-0.05, 0) is 25.1 Å². The Morgan fingerprint density at radius 1 is 1.53 bits per heavy atom. The van der Waals surface area contributed by atoms with Crippen LogP contribution in [0, 0.1) is 12.7 Å². The van der Waals surface area contributed by atoms with E-state index in [4.69, 9.17) is 0 Å². The van der Waals surface area contributed by atoms with E-state index in [1.54, 1.807) is 23.6 Å². The minimum atomic E-state index is -0.490. The predicted octanol–water partition coefficient (Wildman–Crippen LogP) is 2.93. The molecular weight excluding hydrogens is 315 g/mol. The first-order valence-electron chi connectivity index (χ1n) is 5.57. The lowest BCUT2D eigenvalue weighted by molar-refractivity contribution is 0.0588. The first-order chi connectivity index (χ1) is 9.02. The first kappa shape index (κ1) is 13.7. The van der Waals surface area contributed by atoms with Gasteiger partial charge >= 0.3 is 5.97 Å². The number of esters is 1. The molecule has 2 rings (SSSR count). The number of halogens is 2. The summed E-state index contributed by atoms with van der Waals surface area (Å²) in [6.07, 6.45) is 1.43. The number of nitrogens with zero attached hydrogens (tertiary/aromatic N) is 2. The van der Waals surface area contributed by atoms with Crippen LogP contribution in [-0.4, -0.2) is 22.6 Å². The highest BCUT2D eigenvalue weighted by molar-refractivity contribution is 9.10. The van der Waals surface area contributed by atoms with E-state index < -0.39 is 5.97 Å². The van der Waals surface area contributed by atoms with Crippen LogP contribution < -0.4 is 0 Å². The van der Waals surface area contributed by atoms with Crippen LogP contribution in [0.5, 0.6) is 0 Å². The van der Waals surface area contributed by atoms with Gasteiger partial charge in [0.05, 0.1) is 19.9 Å². The van der Waals surface area contributed by atoms with Crippen LogP contribution >= 0.6 is 15.9 Å². The zero-order chi connectivity index (χ0) is 14.0. The number of rotatable bonds is 3. The molecule has 0 unspecified atom stereocenters. The van der Waals surface area contributed by atoms with E-state index in [2.05, 4.69) is 25.7 Å². The van der Waals surface area contributed by atoms with Crippen molar-refractivity contribution in [1.82, 2.24) is 9.55 Å². The van der Waals surface area contributed by atoms with Crippen LogP contribution in [0.4, 0.5) is 4.39 Å². The van der Waals surface area contributed by atoms with E-state index in [9.17, 15) is 9.18 Å². The van der Waals surface area contributed by atoms with Gasteiger partial charge < -0.3 is 9.30 Å². The molecule has 19 heavy (non-hydrogen) atoms. The molecule has 1 aromatic heterocycles. The number of carbonyl (C=O) groups excluding carboxylic acids is 1. The maximum absolute atomic E-state index is 13.7. The molecule has 0 bridgehead atoms. The predicted molar refractivity (Wildman–Crippen MR) is 71.5 cm³/mol. The summed E-state index contributed by atoms with van der Waals surface area (Å²) in [4.78, 5) is 15.7. The smallest absolute Gasteiger partial charge is 0.356 e. The number of aromatic nitrogens is 2. The Bertz CT molecular complexity index is 625. The molecule has 0 N–H and O–H groups in total. The fourth-order valence-corrected chi connectivity index (χ4v) is 2.18. The Labute approximate surface area is 118 Å². The second-order valence-electron chi connectivity index (χ2n) is 4.00. The Morgan fingerprint density at radius 3 is 2.95 bits per heavy atom. The lowest BCUT2D eigenvalue weighted by Gasteiger charge is -2.10. The van der Waals surface area contributed by atoms with Gasteiger partial charge in [-0.1, -0.05) is 15.9 Å². The zero-order valence-electron chi connectivity index (χ0n) is 10.5. The molecular formula is C13H12BrFN2O2. The van der Waals surface area contributed by atoms with E-state index in [1.807, 2.05) is 0 Å². The second-order valence-corrected chi connectivity index (χ2v) is 4.92. The van der Waals surface area contributed by atoms with Crippen molar-refractivity contribution in [2.24, 2.45) is 0 Å². The third-order valence-corrected chi connectivity index (χ3v) is 3.28. The van der Waals surface area contributed by atoms with Gasteiger partial charge in [0, 0.05) is 10.0 Å². The number of benzene rings is 1. The van der Waals surface area contributed by atoms with Crippen LogP contribution in [0.1, 0.15) is 21.9 Å². The summed E-state index contributed by atoms with van der Waals surface area (Å²) in [7, 11) is 1.30. The average molecular weight is 327 g/mol. The largest absolute Gasteiger partial charge is 0.464 e. The van der Waals surface area contributed by atoms with Crippen molar-refractivity contribution in [3.63, 3.8) is 0 Å². The summed E-state index contributed by atoms with van der Waals surface area (Å²) in [6.45, 7) is 1.98. The standard InChI is InChI=1S/C13H12BrFN2O2/c1-8-16-6-12(13(18)19-2)17(8)7-9-5-10(14)3-4-11(9)15/h3-6H,7H2,1-2H3. The topological polar surface area (TPSA) is 44.1 Å². The molecule has 1 aromatic carbocycles. The van der Waals surface area contributed by atoms with Crippen LogP contribution in [0.25, 0.3) is 0 Å². The molecule has 0 saturated heterocycles. The fourth-order valence-electron chi connectivity index (χ4n) is 1.77. The van der Waals surface area contributed by atoms with Crippen molar-refractivity contribution >= 4 is 21.9 Å². The van der Waals surface area contributed by atoms with Gasteiger partial charge in [0.2, 0.25) is 0 Å². The Hall–Kier alpha value is -1.69. The summed E-state index contributed by atoms with van der Waals surface area (Å²) < 4.78 is 20.8. The molecule has 0 amide bonds. The monoisotopic (exact) mass is 326 g/mol. The van der Waals surface area contributed by atoms with Gasteiger partial charge in [-0.15, -0.1) is 0 Å². The Kier molecular flexibility index (Phi) is 3.99. The third-order valence-electron chi connectivity index (χ3n) is 2.79. The van der Waals surface area contributed by atoms with Crippen LogP contribution in [0.3, 0.4) is 0 Å². The molecule has 100 valence electrons. The van der Waals surface area contributed by atoms with Gasteiger partial charge in [-0.3, -0.25) is 0 Å². The lowest BCUT2D eigenvalue weighted by atomic mass is 10.2. The third kappa shape index (κ3) is 2.84. The summed E-state index contributed by atoms with van der Waals surface area (Å²) >= 11 is 3.30. The molecule has 6 heteroatoms. The van der Waals surface area contributed by atoms with Gasteiger partial charge in [0.15, 0.2) is 0 Å². The highest BCUT2D eigenvalue weighted by Gasteiger charge is 2.16. The highest BCUT2D eigenvalue weighted by Crippen LogP contribution is 2.18. The molecule has 0 radical (unpaired) electrons. The molecule has 0 aliphatic heterocycles. The zero-order valence-corrected chi connectivity index (χ0v) is 12.1. The van der Waals surface area contributed by atoms with Gasteiger partial charge in [-0.25, -0.2) is 14.2 Å². The second kappa shape index (κ2) is 5.52. The van der Waals surface area contributed by atoms with Gasteiger partial charge in [-0.2, -0.15) is 0 Å². The summed E-state index contributed by atoms with van der Waals surface area (Å²) in [5.74, 6) is -0.192. The number of carbonyl (C=O) groups is 1. The fraction of sp³-hybridized carbons (Fsp3) is 0.231. The van der Waals surface area contributed by atoms with Gasteiger partial charge in [0.1, 0.15) is 17.3 Å². The number of hydrogen-bond donors (Lipinski definition) is 0. The van der Waals surface area contributed by atoms with Crippen LogP contribution in [0.15, 0.2) is 28.9 Å². The van der Waals surface area contributed by atoms with E-state index in [-0.39, 0.29) is 12.4 Å². The maximum Gasteiger partial charge on any atom is 0.356 e. The van der Waals surface area contributed by atoms with E-state index >= 15 is 0 Å². The number of imidazole rings is 1. The SMILES string of the molecule is COC(=O)c1cnc(C)n1Cc1cc(Br)ccc1F. The minimum absolute atomic E-state index is 0.224. The molecule has 0 atom stereocenters. The maximum atomic E-state index is 13.7. The Balaban J connectivity index is 2.40.